The fourth-order valence-electron chi connectivity index (χ4n) is 0.748. The summed E-state index contributed by atoms with van der Waals surface area (Å²) in [6.07, 6.45) is 0. The molecule has 0 saturated carbocycles. The Morgan fingerprint density at radius 1 is 1.36 bits per heavy atom. The summed E-state index contributed by atoms with van der Waals surface area (Å²) >= 11 is 3.45. The van der Waals surface area contributed by atoms with Crippen LogP contribution in [0.25, 0.3) is 0 Å². The van der Waals surface area contributed by atoms with Crippen LogP contribution in [0.3, 0.4) is 0 Å². The molecule has 4 heteroatoms. The molecule has 3 N–H and O–H groups in total. The standard InChI is InChI=1S/C7H16N2S2/c1-4-10-7(3,6(8)9)11-5-2/h4-5H2,1-3H3,(H3,8,9). The maximum absolute atomic E-state index is 7.39. The van der Waals surface area contributed by atoms with Gasteiger partial charge in [0.1, 0.15) is 9.91 Å². The van der Waals surface area contributed by atoms with Crippen LogP contribution in [-0.2, 0) is 0 Å². The minimum absolute atomic E-state index is 0.205. The van der Waals surface area contributed by atoms with Crippen molar-refractivity contribution >= 4 is 29.4 Å². The molecule has 0 aliphatic carbocycles. The third-order valence-corrected chi connectivity index (χ3v) is 4.15. The molecule has 0 aromatic heterocycles. The van der Waals surface area contributed by atoms with Crippen molar-refractivity contribution in [2.24, 2.45) is 5.73 Å². The summed E-state index contributed by atoms with van der Waals surface area (Å²) in [5.74, 6) is 2.28. The van der Waals surface area contributed by atoms with Crippen LogP contribution in [0.15, 0.2) is 0 Å². The largest absolute Gasteiger partial charge is 0.386 e. The van der Waals surface area contributed by atoms with E-state index in [-0.39, 0.29) is 9.91 Å². The van der Waals surface area contributed by atoms with Crippen LogP contribution < -0.4 is 5.73 Å². The quantitative estimate of drug-likeness (QED) is 0.398. The highest BCUT2D eigenvalue weighted by Crippen LogP contribution is 2.36. The Labute approximate surface area is 77.2 Å². The first kappa shape index (κ1) is 11.2. The summed E-state index contributed by atoms with van der Waals surface area (Å²) in [5.41, 5.74) is 5.48. The molecule has 0 unspecified atom stereocenters. The van der Waals surface area contributed by atoms with E-state index in [9.17, 15) is 0 Å². The van der Waals surface area contributed by atoms with E-state index in [4.69, 9.17) is 11.1 Å². The SMILES string of the molecule is CCSC(C)(SCC)C(=N)N. The molecular weight excluding hydrogens is 176 g/mol. The van der Waals surface area contributed by atoms with Crippen molar-refractivity contribution < 1.29 is 0 Å². The van der Waals surface area contributed by atoms with E-state index < -0.39 is 0 Å². The van der Waals surface area contributed by atoms with Crippen molar-refractivity contribution in [3.05, 3.63) is 0 Å². The zero-order valence-corrected chi connectivity index (χ0v) is 8.94. The maximum Gasteiger partial charge on any atom is 0.117 e. The summed E-state index contributed by atoms with van der Waals surface area (Å²) < 4.78 is -0.205. The Kier molecular flexibility index (Phi) is 5.01. The van der Waals surface area contributed by atoms with Gasteiger partial charge in [-0.2, -0.15) is 0 Å². The minimum Gasteiger partial charge on any atom is -0.386 e. The molecule has 2 nitrogen and oxygen atoms in total. The normalized spacial score (nSPS) is 11.5. The molecule has 0 spiro atoms. The average Bonchev–Trinajstić information content (AvgIpc) is 1.88. The Hall–Kier alpha value is 0.170. The highest BCUT2D eigenvalue weighted by molar-refractivity contribution is 8.19. The van der Waals surface area contributed by atoms with Gasteiger partial charge in [-0.1, -0.05) is 13.8 Å². The highest BCUT2D eigenvalue weighted by Gasteiger charge is 2.27. The van der Waals surface area contributed by atoms with E-state index in [1.807, 2.05) is 6.92 Å². The smallest absolute Gasteiger partial charge is 0.117 e. The van der Waals surface area contributed by atoms with Crippen molar-refractivity contribution in [3.63, 3.8) is 0 Å². The minimum atomic E-state index is -0.205. The van der Waals surface area contributed by atoms with E-state index in [2.05, 4.69) is 13.8 Å². The second kappa shape index (κ2) is 4.93. The lowest BCUT2D eigenvalue weighted by atomic mass is 10.4. The van der Waals surface area contributed by atoms with Crippen molar-refractivity contribution in [1.82, 2.24) is 0 Å². The Morgan fingerprint density at radius 2 is 1.73 bits per heavy atom. The van der Waals surface area contributed by atoms with Gasteiger partial charge in [-0.3, -0.25) is 5.41 Å². The lowest BCUT2D eigenvalue weighted by Gasteiger charge is -2.25. The van der Waals surface area contributed by atoms with Crippen molar-refractivity contribution in [2.45, 2.75) is 24.9 Å². The number of nitrogens with two attached hydrogens (primary N) is 1. The van der Waals surface area contributed by atoms with Crippen molar-refractivity contribution in [3.8, 4) is 0 Å². The first-order chi connectivity index (χ1) is 5.06. The molecule has 0 aliphatic rings. The fourth-order valence-corrected chi connectivity index (χ4v) is 3.20. The van der Waals surface area contributed by atoms with E-state index in [0.29, 0.717) is 0 Å². The van der Waals surface area contributed by atoms with E-state index in [1.54, 1.807) is 23.5 Å². The summed E-state index contributed by atoms with van der Waals surface area (Å²) in [6.45, 7) is 6.18. The van der Waals surface area contributed by atoms with Crippen LogP contribution in [0, 0.1) is 5.41 Å². The Bertz CT molecular complexity index is 130. The van der Waals surface area contributed by atoms with E-state index in [1.165, 1.54) is 0 Å². The third-order valence-electron chi connectivity index (χ3n) is 1.33. The monoisotopic (exact) mass is 192 g/mol. The first-order valence-electron chi connectivity index (χ1n) is 3.69. The summed E-state index contributed by atoms with van der Waals surface area (Å²) in [7, 11) is 0. The molecular formula is C7H16N2S2. The molecule has 0 amide bonds. The number of hydrogen-bond acceptors (Lipinski definition) is 3. The van der Waals surface area contributed by atoms with E-state index >= 15 is 0 Å². The van der Waals surface area contributed by atoms with Gasteiger partial charge in [-0.25, -0.2) is 0 Å². The van der Waals surface area contributed by atoms with Crippen LogP contribution in [0.1, 0.15) is 20.8 Å². The van der Waals surface area contributed by atoms with Crippen LogP contribution in [0.2, 0.25) is 0 Å². The molecule has 0 fully saturated rings. The van der Waals surface area contributed by atoms with Crippen molar-refractivity contribution in [2.75, 3.05) is 11.5 Å². The molecule has 0 rings (SSSR count). The number of hydrogen-bond donors (Lipinski definition) is 2. The zero-order valence-electron chi connectivity index (χ0n) is 7.31. The number of nitrogens with one attached hydrogen (secondary N) is 1. The van der Waals surface area contributed by atoms with Crippen LogP contribution in [0.4, 0.5) is 0 Å². The predicted octanol–water partition coefficient (Wildman–Crippen LogP) is 2.14. The molecule has 66 valence electrons. The maximum atomic E-state index is 7.39. The lowest BCUT2D eigenvalue weighted by Crippen LogP contribution is -2.34. The van der Waals surface area contributed by atoms with Crippen LogP contribution in [-0.4, -0.2) is 21.4 Å². The average molecular weight is 192 g/mol. The molecule has 0 heterocycles. The lowest BCUT2D eigenvalue weighted by molar-refractivity contribution is 1.15. The van der Waals surface area contributed by atoms with Crippen molar-refractivity contribution in [1.29, 1.82) is 5.41 Å². The van der Waals surface area contributed by atoms with Crippen LogP contribution >= 0.6 is 23.5 Å². The Balaban J connectivity index is 4.13. The number of rotatable bonds is 5. The summed E-state index contributed by atoms with van der Waals surface area (Å²) in [6, 6.07) is 0. The summed E-state index contributed by atoms with van der Waals surface area (Å²) in [4.78, 5) is 0. The van der Waals surface area contributed by atoms with Gasteiger partial charge in [0.15, 0.2) is 0 Å². The van der Waals surface area contributed by atoms with Gasteiger partial charge in [-0.15, -0.1) is 23.5 Å². The van der Waals surface area contributed by atoms with Gasteiger partial charge in [0.05, 0.1) is 0 Å². The molecule has 0 saturated heterocycles. The second-order valence-electron chi connectivity index (χ2n) is 2.23. The van der Waals surface area contributed by atoms with E-state index in [0.717, 1.165) is 11.5 Å². The van der Waals surface area contributed by atoms with Gasteiger partial charge in [-0.05, 0) is 18.4 Å². The molecule has 0 aromatic carbocycles. The van der Waals surface area contributed by atoms with Gasteiger partial charge < -0.3 is 5.73 Å². The first-order valence-corrected chi connectivity index (χ1v) is 5.66. The topological polar surface area (TPSA) is 49.9 Å². The molecule has 0 atom stereocenters. The van der Waals surface area contributed by atoms with Gasteiger partial charge in [0.2, 0.25) is 0 Å². The van der Waals surface area contributed by atoms with Gasteiger partial charge >= 0.3 is 0 Å². The molecule has 0 bridgehead atoms. The van der Waals surface area contributed by atoms with Gasteiger partial charge in [0.25, 0.3) is 0 Å². The highest BCUT2D eigenvalue weighted by atomic mass is 32.2. The van der Waals surface area contributed by atoms with Crippen LogP contribution in [0.5, 0.6) is 0 Å². The Morgan fingerprint density at radius 3 is 1.91 bits per heavy atom. The molecule has 0 aliphatic heterocycles. The number of thioether (sulfide) groups is 2. The third kappa shape index (κ3) is 3.38. The number of amidine groups is 1. The van der Waals surface area contributed by atoms with Gasteiger partial charge in [0, 0.05) is 0 Å². The fraction of sp³-hybridized carbons (Fsp3) is 0.857. The predicted molar refractivity (Wildman–Crippen MR) is 56.6 cm³/mol. The molecule has 11 heavy (non-hydrogen) atoms. The molecule has 0 radical (unpaired) electrons. The zero-order chi connectivity index (χ0) is 8.91. The summed E-state index contributed by atoms with van der Waals surface area (Å²) in [5, 5.41) is 7.39. The second-order valence-corrected chi connectivity index (χ2v) is 5.85. The molecule has 0 aromatic rings.